The Bertz CT molecular complexity index is 848. The molecule has 0 radical (unpaired) electrons. The normalized spacial score (nSPS) is 18.8. The molecular formula is C20H25N5O4. The molecule has 1 fully saturated rings. The first-order valence-electron chi connectivity index (χ1n) is 9.96. The molecule has 1 unspecified atom stereocenters. The fraction of sp³-hybridized carbons (Fsp3) is 0.500. The summed E-state index contributed by atoms with van der Waals surface area (Å²) in [6, 6.07) is 9.20. The van der Waals surface area contributed by atoms with Crippen LogP contribution >= 0.6 is 0 Å². The molecule has 1 atom stereocenters. The second-order valence-corrected chi connectivity index (χ2v) is 7.14. The van der Waals surface area contributed by atoms with Crippen molar-refractivity contribution in [3.05, 3.63) is 42.0 Å². The van der Waals surface area contributed by atoms with Gasteiger partial charge >= 0.3 is 0 Å². The number of carbonyl (C=O) groups excluding carboxylic acids is 2. The fourth-order valence-corrected chi connectivity index (χ4v) is 3.60. The number of nitrogens with one attached hydrogen (secondary N) is 1. The first kappa shape index (κ1) is 19.4. The predicted molar refractivity (Wildman–Crippen MR) is 103 cm³/mol. The smallest absolute Gasteiger partial charge is 0.258 e. The van der Waals surface area contributed by atoms with Crippen LogP contribution in [0.2, 0.25) is 0 Å². The molecule has 29 heavy (non-hydrogen) atoms. The summed E-state index contributed by atoms with van der Waals surface area (Å²) in [6.45, 7) is 2.66. The molecule has 1 aromatic carbocycles. The van der Waals surface area contributed by atoms with E-state index in [1.165, 1.54) is 0 Å². The zero-order valence-electron chi connectivity index (χ0n) is 16.2. The van der Waals surface area contributed by atoms with E-state index < -0.39 is 0 Å². The molecule has 4 rings (SSSR count). The summed E-state index contributed by atoms with van der Waals surface area (Å²) in [4.78, 5) is 26.5. The molecule has 2 aliphatic rings. The van der Waals surface area contributed by atoms with Gasteiger partial charge in [-0.1, -0.05) is 18.2 Å². The highest BCUT2D eigenvalue weighted by Crippen LogP contribution is 2.17. The summed E-state index contributed by atoms with van der Waals surface area (Å²) < 4.78 is 13.0. The number of amides is 2. The molecule has 9 heteroatoms. The maximum absolute atomic E-state index is 12.6. The molecule has 1 aromatic heterocycles. The highest BCUT2D eigenvalue weighted by atomic mass is 16.5. The molecule has 0 spiro atoms. The van der Waals surface area contributed by atoms with E-state index in [0.717, 1.165) is 18.7 Å². The molecule has 3 heterocycles. The van der Waals surface area contributed by atoms with Gasteiger partial charge in [-0.15, -0.1) is 10.2 Å². The number of fused-ring (bicyclic) bond motifs is 1. The van der Waals surface area contributed by atoms with Crippen LogP contribution < -0.4 is 10.1 Å². The molecule has 2 aliphatic heterocycles. The van der Waals surface area contributed by atoms with Gasteiger partial charge in [-0.25, -0.2) is 0 Å². The van der Waals surface area contributed by atoms with E-state index in [1.54, 1.807) is 12.1 Å². The van der Waals surface area contributed by atoms with Gasteiger partial charge in [0.2, 0.25) is 0 Å². The Balaban J connectivity index is 1.29. The van der Waals surface area contributed by atoms with Crippen LogP contribution in [0.5, 0.6) is 5.75 Å². The second-order valence-electron chi connectivity index (χ2n) is 7.14. The van der Waals surface area contributed by atoms with E-state index in [1.807, 2.05) is 27.7 Å². The van der Waals surface area contributed by atoms with E-state index in [0.29, 0.717) is 44.2 Å². The van der Waals surface area contributed by atoms with Gasteiger partial charge in [-0.3, -0.25) is 9.59 Å². The number of hydrogen-bond donors (Lipinski definition) is 1. The van der Waals surface area contributed by atoms with Crippen molar-refractivity contribution in [2.24, 2.45) is 0 Å². The number of hydrogen-bond acceptors (Lipinski definition) is 6. The van der Waals surface area contributed by atoms with Crippen molar-refractivity contribution < 1.29 is 19.1 Å². The minimum atomic E-state index is -0.304. The van der Waals surface area contributed by atoms with Crippen molar-refractivity contribution in [3.8, 4) is 5.75 Å². The largest absolute Gasteiger partial charge is 0.484 e. The molecule has 9 nitrogen and oxygen atoms in total. The van der Waals surface area contributed by atoms with Crippen molar-refractivity contribution >= 4 is 11.8 Å². The molecule has 1 N–H and O–H groups in total. The van der Waals surface area contributed by atoms with Crippen molar-refractivity contribution in [1.82, 2.24) is 25.0 Å². The summed E-state index contributed by atoms with van der Waals surface area (Å²) in [5.74, 6) is 2.00. The third-order valence-electron chi connectivity index (χ3n) is 5.18. The molecule has 0 saturated carbocycles. The van der Waals surface area contributed by atoms with Crippen LogP contribution in [0.1, 0.15) is 24.5 Å². The maximum Gasteiger partial charge on any atom is 0.258 e. The minimum absolute atomic E-state index is 0.0608. The van der Waals surface area contributed by atoms with Gasteiger partial charge in [-0.05, 0) is 25.0 Å². The quantitative estimate of drug-likeness (QED) is 0.761. The highest BCUT2D eigenvalue weighted by Gasteiger charge is 2.30. The Hall–Kier alpha value is -2.94. The average Bonchev–Trinajstić information content (AvgIpc) is 3.37. The topological polar surface area (TPSA) is 98.6 Å². The Kier molecular flexibility index (Phi) is 6.04. The van der Waals surface area contributed by atoms with Gasteiger partial charge in [0.1, 0.15) is 17.7 Å². The van der Waals surface area contributed by atoms with Crippen LogP contribution in [0.15, 0.2) is 30.3 Å². The van der Waals surface area contributed by atoms with Crippen molar-refractivity contribution in [2.45, 2.75) is 38.5 Å². The van der Waals surface area contributed by atoms with Gasteiger partial charge in [0.15, 0.2) is 12.4 Å². The monoisotopic (exact) mass is 399 g/mol. The SMILES string of the molecule is O=C(COc1ccccc1)NCc1nnc2n1CCN(C(=O)C1CCCO1)CC2. The van der Waals surface area contributed by atoms with Crippen molar-refractivity contribution in [2.75, 3.05) is 26.3 Å². The van der Waals surface area contributed by atoms with E-state index in [2.05, 4.69) is 15.5 Å². The first-order valence-corrected chi connectivity index (χ1v) is 9.96. The molecule has 2 amide bonds. The van der Waals surface area contributed by atoms with Gasteiger partial charge in [0.25, 0.3) is 11.8 Å². The number of aromatic nitrogens is 3. The summed E-state index contributed by atoms with van der Waals surface area (Å²) in [6.07, 6.45) is 2.07. The van der Waals surface area contributed by atoms with Gasteiger partial charge in [-0.2, -0.15) is 0 Å². The van der Waals surface area contributed by atoms with Crippen LogP contribution in [0, 0.1) is 0 Å². The molecule has 0 bridgehead atoms. The third kappa shape index (κ3) is 4.73. The van der Waals surface area contributed by atoms with Crippen LogP contribution in [0.25, 0.3) is 0 Å². The van der Waals surface area contributed by atoms with Crippen LogP contribution in [-0.4, -0.2) is 63.9 Å². The Morgan fingerprint density at radius 2 is 2.03 bits per heavy atom. The molecule has 154 valence electrons. The van der Waals surface area contributed by atoms with Gasteiger partial charge < -0.3 is 24.3 Å². The lowest BCUT2D eigenvalue weighted by Gasteiger charge is -2.23. The Morgan fingerprint density at radius 1 is 1.17 bits per heavy atom. The maximum atomic E-state index is 12.6. The standard InChI is InChI=1S/C20H25N5O4/c26-19(14-29-15-5-2-1-3-6-15)21-13-18-23-22-17-8-9-24(10-11-25(17)18)20(27)16-7-4-12-28-16/h1-3,5-6,16H,4,7-14H2,(H,21,26). The first-order chi connectivity index (χ1) is 14.2. The minimum Gasteiger partial charge on any atom is -0.484 e. The van der Waals surface area contributed by atoms with Gasteiger partial charge in [0, 0.05) is 32.7 Å². The summed E-state index contributed by atoms with van der Waals surface area (Å²) in [7, 11) is 0. The average molecular weight is 399 g/mol. The number of rotatable bonds is 6. The van der Waals surface area contributed by atoms with E-state index in [4.69, 9.17) is 9.47 Å². The fourth-order valence-electron chi connectivity index (χ4n) is 3.60. The van der Waals surface area contributed by atoms with Gasteiger partial charge in [0.05, 0.1) is 6.54 Å². The third-order valence-corrected chi connectivity index (χ3v) is 5.18. The lowest BCUT2D eigenvalue weighted by molar-refractivity contribution is -0.140. The number of benzene rings is 1. The lowest BCUT2D eigenvalue weighted by Crippen LogP contribution is -2.40. The summed E-state index contributed by atoms with van der Waals surface area (Å²) in [5, 5.41) is 11.3. The van der Waals surface area contributed by atoms with Crippen molar-refractivity contribution in [3.63, 3.8) is 0 Å². The predicted octanol–water partition coefficient (Wildman–Crippen LogP) is 0.537. The van der Waals surface area contributed by atoms with Crippen LogP contribution in [-0.2, 0) is 33.8 Å². The van der Waals surface area contributed by atoms with E-state index in [-0.39, 0.29) is 31.1 Å². The van der Waals surface area contributed by atoms with E-state index in [9.17, 15) is 9.59 Å². The van der Waals surface area contributed by atoms with Crippen LogP contribution in [0.3, 0.4) is 0 Å². The molecular weight excluding hydrogens is 374 g/mol. The summed E-state index contributed by atoms with van der Waals surface area (Å²) >= 11 is 0. The van der Waals surface area contributed by atoms with Crippen LogP contribution in [0.4, 0.5) is 0 Å². The Labute approximate surface area is 169 Å². The molecule has 0 aliphatic carbocycles. The summed E-state index contributed by atoms with van der Waals surface area (Å²) in [5.41, 5.74) is 0. The lowest BCUT2D eigenvalue weighted by atomic mass is 10.2. The molecule has 1 saturated heterocycles. The number of carbonyl (C=O) groups is 2. The zero-order chi connectivity index (χ0) is 20.1. The molecule has 2 aromatic rings. The number of ether oxygens (including phenoxy) is 2. The Morgan fingerprint density at radius 3 is 2.83 bits per heavy atom. The zero-order valence-corrected chi connectivity index (χ0v) is 16.2. The number of nitrogens with zero attached hydrogens (tertiary/aromatic N) is 4. The number of para-hydroxylation sites is 1. The van der Waals surface area contributed by atoms with E-state index >= 15 is 0 Å². The highest BCUT2D eigenvalue weighted by molar-refractivity contribution is 5.81. The second kappa shape index (κ2) is 9.04. The van der Waals surface area contributed by atoms with Crippen molar-refractivity contribution in [1.29, 1.82) is 0 Å².